The lowest BCUT2D eigenvalue weighted by Crippen LogP contribution is -2.41. The first-order valence-corrected chi connectivity index (χ1v) is 6.63. The average molecular weight is 247 g/mol. The summed E-state index contributed by atoms with van der Waals surface area (Å²) in [6.07, 6.45) is 0.951. The molecule has 0 atom stereocenters. The van der Waals surface area contributed by atoms with Gasteiger partial charge in [0.1, 0.15) is 0 Å². The van der Waals surface area contributed by atoms with Crippen LogP contribution in [-0.4, -0.2) is 37.1 Å². The van der Waals surface area contributed by atoms with Crippen molar-refractivity contribution in [3.63, 3.8) is 0 Å². The van der Waals surface area contributed by atoms with Crippen molar-refractivity contribution in [1.82, 2.24) is 4.90 Å². The molecular formula is C15H21NO2. The maximum Gasteiger partial charge on any atom is 0.254 e. The Morgan fingerprint density at radius 1 is 1.28 bits per heavy atom. The number of hydrogen-bond acceptors (Lipinski definition) is 2. The van der Waals surface area contributed by atoms with Gasteiger partial charge >= 0.3 is 0 Å². The van der Waals surface area contributed by atoms with Crippen LogP contribution in [0.1, 0.15) is 29.8 Å². The van der Waals surface area contributed by atoms with Gasteiger partial charge in [-0.05, 0) is 24.0 Å². The van der Waals surface area contributed by atoms with E-state index in [1.807, 2.05) is 23.1 Å². The number of benzene rings is 1. The minimum atomic E-state index is 0.148. The van der Waals surface area contributed by atoms with Gasteiger partial charge in [-0.15, -0.1) is 0 Å². The lowest BCUT2D eigenvalue weighted by atomic mass is 9.97. The van der Waals surface area contributed by atoms with Gasteiger partial charge in [0.05, 0.1) is 13.2 Å². The Balaban J connectivity index is 2.18. The molecule has 98 valence electrons. The number of amides is 1. The second-order valence-corrected chi connectivity index (χ2v) is 5.16. The minimum Gasteiger partial charge on any atom is -0.378 e. The zero-order valence-electron chi connectivity index (χ0n) is 11.2. The summed E-state index contributed by atoms with van der Waals surface area (Å²) in [5, 5.41) is 0. The first-order chi connectivity index (χ1) is 8.68. The van der Waals surface area contributed by atoms with Crippen LogP contribution in [-0.2, 0) is 11.2 Å². The van der Waals surface area contributed by atoms with Gasteiger partial charge in [-0.3, -0.25) is 4.79 Å². The highest BCUT2D eigenvalue weighted by molar-refractivity contribution is 5.95. The van der Waals surface area contributed by atoms with Crippen LogP contribution < -0.4 is 0 Å². The Morgan fingerprint density at radius 3 is 2.61 bits per heavy atom. The molecule has 1 aromatic rings. The highest BCUT2D eigenvalue weighted by atomic mass is 16.5. The summed E-state index contributed by atoms with van der Waals surface area (Å²) in [6, 6.07) is 7.95. The molecule has 3 heteroatoms. The molecular weight excluding hydrogens is 226 g/mol. The Labute approximate surface area is 109 Å². The third kappa shape index (κ3) is 3.10. The summed E-state index contributed by atoms with van der Waals surface area (Å²) in [5.41, 5.74) is 2.01. The van der Waals surface area contributed by atoms with Gasteiger partial charge in [0.15, 0.2) is 0 Å². The smallest absolute Gasteiger partial charge is 0.254 e. The lowest BCUT2D eigenvalue weighted by Gasteiger charge is -2.27. The summed E-state index contributed by atoms with van der Waals surface area (Å²) in [4.78, 5) is 14.4. The van der Waals surface area contributed by atoms with Gasteiger partial charge in [-0.25, -0.2) is 0 Å². The number of morpholine rings is 1. The van der Waals surface area contributed by atoms with Gasteiger partial charge in [0, 0.05) is 18.7 Å². The molecule has 2 rings (SSSR count). The van der Waals surface area contributed by atoms with Crippen LogP contribution in [0.3, 0.4) is 0 Å². The van der Waals surface area contributed by atoms with Crippen molar-refractivity contribution in [2.24, 2.45) is 5.92 Å². The summed E-state index contributed by atoms with van der Waals surface area (Å²) in [7, 11) is 0. The first-order valence-electron chi connectivity index (χ1n) is 6.63. The zero-order valence-corrected chi connectivity index (χ0v) is 11.2. The van der Waals surface area contributed by atoms with Crippen LogP contribution in [0.5, 0.6) is 0 Å². The number of nitrogens with zero attached hydrogens (tertiary/aromatic N) is 1. The molecule has 0 aliphatic carbocycles. The van der Waals surface area contributed by atoms with Crippen LogP contribution in [0.15, 0.2) is 24.3 Å². The van der Waals surface area contributed by atoms with Crippen LogP contribution in [0, 0.1) is 5.92 Å². The van der Waals surface area contributed by atoms with E-state index >= 15 is 0 Å². The molecule has 3 nitrogen and oxygen atoms in total. The highest BCUT2D eigenvalue weighted by Gasteiger charge is 2.20. The number of rotatable bonds is 3. The standard InChI is InChI=1S/C15H21NO2/c1-12(2)11-13-5-3-4-6-14(13)15(17)16-7-9-18-10-8-16/h3-6,12H,7-11H2,1-2H3. The molecule has 1 aromatic carbocycles. The second-order valence-electron chi connectivity index (χ2n) is 5.16. The van der Waals surface area contributed by atoms with E-state index in [1.165, 1.54) is 0 Å². The molecule has 18 heavy (non-hydrogen) atoms. The van der Waals surface area contributed by atoms with E-state index in [9.17, 15) is 4.79 Å². The van der Waals surface area contributed by atoms with Crippen molar-refractivity contribution in [2.75, 3.05) is 26.3 Å². The number of hydrogen-bond donors (Lipinski definition) is 0. The van der Waals surface area contributed by atoms with Crippen LogP contribution in [0.2, 0.25) is 0 Å². The average Bonchev–Trinajstić information content (AvgIpc) is 2.39. The summed E-state index contributed by atoms with van der Waals surface area (Å²) < 4.78 is 5.29. The fraction of sp³-hybridized carbons (Fsp3) is 0.533. The molecule has 1 heterocycles. The van der Waals surface area contributed by atoms with Crippen molar-refractivity contribution in [3.8, 4) is 0 Å². The van der Waals surface area contributed by atoms with Crippen molar-refractivity contribution in [1.29, 1.82) is 0 Å². The molecule has 0 saturated carbocycles. The van der Waals surface area contributed by atoms with Gasteiger partial charge < -0.3 is 9.64 Å². The Morgan fingerprint density at radius 2 is 1.94 bits per heavy atom. The van der Waals surface area contributed by atoms with Crippen molar-refractivity contribution in [2.45, 2.75) is 20.3 Å². The normalized spacial score (nSPS) is 16.1. The molecule has 0 spiro atoms. The van der Waals surface area contributed by atoms with Gasteiger partial charge in [-0.2, -0.15) is 0 Å². The van der Waals surface area contributed by atoms with E-state index in [0.717, 1.165) is 17.5 Å². The molecule has 0 unspecified atom stereocenters. The monoisotopic (exact) mass is 247 g/mol. The molecule has 1 aliphatic heterocycles. The predicted molar refractivity (Wildman–Crippen MR) is 71.7 cm³/mol. The van der Waals surface area contributed by atoms with Crippen molar-refractivity contribution in [3.05, 3.63) is 35.4 Å². The van der Waals surface area contributed by atoms with Gasteiger partial charge in [0.25, 0.3) is 5.91 Å². The molecule has 0 N–H and O–H groups in total. The molecule has 1 amide bonds. The van der Waals surface area contributed by atoms with Gasteiger partial charge in [-0.1, -0.05) is 32.0 Å². The Bertz CT molecular complexity index is 409. The Hall–Kier alpha value is -1.35. The minimum absolute atomic E-state index is 0.148. The number of carbonyl (C=O) groups is 1. The quantitative estimate of drug-likeness (QED) is 0.820. The number of ether oxygens (including phenoxy) is 1. The van der Waals surface area contributed by atoms with E-state index in [4.69, 9.17) is 4.74 Å². The molecule has 1 fully saturated rings. The summed E-state index contributed by atoms with van der Waals surface area (Å²) in [5.74, 6) is 0.707. The van der Waals surface area contributed by atoms with Crippen LogP contribution in [0.25, 0.3) is 0 Å². The fourth-order valence-corrected chi connectivity index (χ4v) is 2.28. The van der Waals surface area contributed by atoms with E-state index in [2.05, 4.69) is 19.9 Å². The largest absolute Gasteiger partial charge is 0.378 e. The first kappa shape index (κ1) is 13.1. The van der Waals surface area contributed by atoms with Crippen molar-refractivity contribution >= 4 is 5.91 Å². The molecule has 1 saturated heterocycles. The van der Waals surface area contributed by atoms with Crippen LogP contribution in [0.4, 0.5) is 0 Å². The molecule has 0 bridgehead atoms. The summed E-state index contributed by atoms with van der Waals surface area (Å²) in [6.45, 7) is 7.06. The second kappa shape index (κ2) is 6.01. The predicted octanol–water partition coefficient (Wildman–Crippen LogP) is 2.36. The Kier molecular flexibility index (Phi) is 4.37. The highest BCUT2D eigenvalue weighted by Crippen LogP contribution is 2.16. The number of carbonyl (C=O) groups excluding carboxylic acids is 1. The molecule has 0 aromatic heterocycles. The third-order valence-electron chi connectivity index (χ3n) is 3.17. The van der Waals surface area contributed by atoms with E-state index in [1.54, 1.807) is 0 Å². The van der Waals surface area contributed by atoms with E-state index in [0.29, 0.717) is 32.2 Å². The van der Waals surface area contributed by atoms with E-state index < -0.39 is 0 Å². The maximum atomic E-state index is 12.5. The fourth-order valence-electron chi connectivity index (χ4n) is 2.28. The zero-order chi connectivity index (χ0) is 13.0. The lowest BCUT2D eigenvalue weighted by molar-refractivity contribution is 0.0302. The summed E-state index contributed by atoms with van der Waals surface area (Å²) >= 11 is 0. The maximum absolute atomic E-state index is 12.5. The van der Waals surface area contributed by atoms with E-state index in [-0.39, 0.29) is 5.91 Å². The van der Waals surface area contributed by atoms with Gasteiger partial charge in [0.2, 0.25) is 0 Å². The van der Waals surface area contributed by atoms with Crippen LogP contribution >= 0.6 is 0 Å². The third-order valence-corrected chi connectivity index (χ3v) is 3.17. The van der Waals surface area contributed by atoms with Crippen molar-refractivity contribution < 1.29 is 9.53 Å². The molecule has 0 radical (unpaired) electrons. The molecule has 1 aliphatic rings. The SMILES string of the molecule is CC(C)Cc1ccccc1C(=O)N1CCOCC1. The topological polar surface area (TPSA) is 29.5 Å².